The van der Waals surface area contributed by atoms with Gasteiger partial charge >= 0.3 is 0 Å². The van der Waals surface area contributed by atoms with Crippen molar-refractivity contribution in [3.63, 3.8) is 0 Å². The van der Waals surface area contributed by atoms with Crippen LogP contribution in [0.15, 0.2) is 60.7 Å². The Balaban J connectivity index is 1.57. The first-order valence-corrected chi connectivity index (χ1v) is 11.0. The molecule has 2 aromatic carbocycles. The molecule has 32 heavy (non-hydrogen) atoms. The average Bonchev–Trinajstić information content (AvgIpc) is 3.19. The summed E-state index contributed by atoms with van der Waals surface area (Å²) >= 11 is 0. The standard InChI is InChI=1S/C25H25N3O4/c1-3-26-15-18-19-20(23(31)27(22(19)30)14-16-10-6-4-7-11-16)25(2,24(26)32)28(18)21(29)17-12-8-5-9-13-17/h4-13,18-20H,3,14-15H2,1-2H3/t18-,19+,20-,25-/m1/s1. The highest BCUT2D eigenvalue weighted by Gasteiger charge is 2.73. The lowest BCUT2D eigenvalue weighted by atomic mass is 9.81. The van der Waals surface area contributed by atoms with E-state index in [9.17, 15) is 19.2 Å². The Bertz CT molecular complexity index is 1100. The minimum Gasteiger partial charge on any atom is -0.339 e. The number of amides is 4. The number of hydrogen-bond donors (Lipinski definition) is 0. The largest absolute Gasteiger partial charge is 0.339 e. The van der Waals surface area contributed by atoms with Gasteiger partial charge in [0.25, 0.3) is 5.91 Å². The zero-order valence-electron chi connectivity index (χ0n) is 18.1. The maximum atomic E-state index is 13.6. The molecule has 4 atom stereocenters. The normalized spacial score (nSPS) is 29.0. The zero-order chi connectivity index (χ0) is 22.6. The molecule has 5 rings (SSSR count). The number of fused-ring (bicyclic) bond motifs is 5. The Labute approximate surface area is 186 Å². The molecule has 0 spiro atoms. The molecule has 3 fully saturated rings. The van der Waals surface area contributed by atoms with Gasteiger partial charge in [-0.3, -0.25) is 24.1 Å². The van der Waals surface area contributed by atoms with Gasteiger partial charge in [0.15, 0.2) is 0 Å². The number of likely N-dealkylation sites (tertiary alicyclic amines) is 2. The van der Waals surface area contributed by atoms with Gasteiger partial charge in [0.2, 0.25) is 17.7 Å². The Hall–Kier alpha value is -3.48. The Morgan fingerprint density at radius 1 is 0.969 bits per heavy atom. The first-order valence-electron chi connectivity index (χ1n) is 11.0. The molecule has 3 aliphatic rings. The second kappa shape index (κ2) is 7.29. The van der Waals surface area contributed by atoms with Crippen LogP contribution in [0.25, 0.3) is 0 Å². The van der Waals surface area contributed by atoms with Crippen molar-refractivity contribution in [3.8, 4) is 0 Å². The average molecular weight is 431 g/mol. The monoisotopic (exact) mass is 431 g/mol. The quantitative estimate of drug-likeness (QED) is 0.693. The molecule has 0 saturated carbocycles. The highest BCUT2D eigenvalue weighted by Crippen LogP contribution is 2.52. The molecule has 7 nitrogen and oxygen atoms in total. The van der Waals surface area contributed by atoms with Crippen molar-refractivity contribution in [3.05, 3.63) is 71.8 Å². The molecule has 2 bridgehead atoms. The van der Waals surface area contributed by atoms with Gasteiger partial charge in [0.1, 0.15) is 5.54 Å². The fraction of sp³-hybridized carbons (Fsp3) is 0.360. The van der Waals surface area contributed by atoms with Crippen molar-refractivity contribution in [2.75, 3.05) is 13.1 Å². The number of carbonyl (C=O) groups is 4. The van der Waals surface area contributed by atoms with E-state index in [1.165, 1.54) is 9.80 Å². The summed E-state index contributed by atoms with van der Waals surface area (Å²) in [5, 5.41) is 0. The number of benzene rings is 2. The molecule has 3 aliphatic heterocycles. The topological polar surface area (TPSA) is 78.0 Å². The number of likely N-dealkylation sites (N-methyl/N-ethyl adjacent to an activating group) is 1. The third kappa shape index (κ3) is 2.66. The van der Waals surface area contributed by atoms with E-state index >= 15 is 0 Å². The lowest BCUT2D eigenvalue weighted by Gasteiger charge is -2.47. The SMILES string of the molecule is CCN1C[C@@H]2[C@@H]3C(=O)N(Cc4ccccc4)C(=O)[C@@H]3[C@](C)(C1=O)N2C(=O)c1ccccc1. The third-order valence-electron chi connectivity index (χ3n) is 7.23. The predicted octanol–water partition coefficient (Wildman–Crippen LogP) is 1.93. The van der Waals surface area contributed by atoms with Crippen molar-refractivity contribution in [2.24, 2.45) is 11.8 Å². The van der Waals surface area contributed by atoms with E-state index in [-0.39, 0.29) is 36.7 Å². The van der Waals surface area contributed by atoms with E-state index in [1.54, 1.807) is 36.1 Å². The first kappa shape index (κ1) is 20.4. The highest BCUT2D eigenvalue weighted by atomic mass is 16.2. The smallest absolute Gasteiger partial charge is 0.255 e. The maximum absolute atomic E-state index is 13.6. The van der Waals surface area contributed by atoms with Crippen LogP contribution in [0.3, 0.4) is 0 Å². The molecule has 0 aromatic heterocycles. The van der Waals surface area contributed by atoms with Gasteiger partial charge in [-0.15, -0.1) is 0 Å². The van der Waals surface area contributed by atoms with Crippen molar-refractivity contribution >= 4 is 23.6 Å². The summed E-state index contributed by atoms with van der Waals surface area (Å²) in [4.78, 5) is 58.7. The lowest BCUT2D eigenvalue weighted by molar-refractivity contribution is -0.155. The van der Waals surface area contributed by atoms with Crippen LogP contribution in [-0.4, -0.2) is 63.0 Å². The van der Waals surface area contributed by atoms with Crippen LogP contribution < -0.4 is 0 Å². The Morgan fingerprint density at radius 3 is 2.22 bits per heavy atom. The molecule has 3 saturated heterocycles. The molecule has 3 heterocycles. The van der Waals surface area contributed by atoms with E-state index in [4.69, 9.17) is 0 Å². The number of hydrogen-bond acceptors (Lipinski definition) is 4. The van der Waals surface area contributed by atoms with Gasteiger partial charge in [-0.05, 0) is 31.5 Å². The lowest BCUT2D eigenvalue weighted by Crippen LogP contribution is -2.68. The summed E-state index contributed by atoms with van der Waals surface area (Å²) in [7, 11) is 0. The van der Waals surface area contributed by atoms with E-state index in [1.807, 2.05) is 43.3 Å². The molecule has 164 valence electrons. The van der Waals surface area contributed by atoms with Gasteiger partial charge < -0.3 is 9.80 Å². The van der Waals surface area contributed by atoms with Crippen LogP contribution in [-0.2, 0) is 20.9 Å². The van der Waals surface area contributed by atoms with Crippen molar-refractivity contribution < 1.29 is 19.2 Å². The fourth-order valence-corrected chi connectivity index (χ4v) is 5.72. The van der Waals surface area contributed by atoms with Crippen molar-refractivity contribution in [1.29, 1.82) is 0 Å². The molecule has 0 N–H and O–H groups in total. The molecular weight excluding hydrogens is 406 g/mol. The van der Waals surface area contributed by atoms with Gasteiger partial charge in [0, 0.05) is 18.7 Å². The molecule has 4 amide bonds. The molecule has 0 radical (unpaired) electrons. The minimum atomic E-state index is -1.39. The van der Waals surface area contributed by atoms with Crippen LogP contribution in [0.2, 0.25) is 0 Å². The summed E-state index contributed by atoms with van der Waals surface area (Å²) in [5.74, 6) is -2.84. The van der Waals surface area contributed by atoms with Crippen LogP contribution in [0.5, 0.6) is 0 Å². The number of piperazine rings is 1. The van der Waals surface area contributed by atoms with Crippen LogP contribution in [0.4, 0.5) is 0 Å². The van der Waals surface area contributed by atoms with Gasteiger partial charge in [0.05, 0.1) is 24.4 Å². The van der Waals surface area contributed by atoms with Crippen molar-refractivity contribution in [2.45, 2.75) is 32.0 Å². The van der Waals surface area contributed by atoms with E-state index < -0.39 is 23.4 Å². The molecule has 7 heteroatoms. The Kier molecular flexibility index (Phi) is 4.65. The molecular formula is C25H25N3O4. The van der Waals surface area contributed by atoms with Crippen molar-refractivity contribution in [1.82, 2.24) is 14.7 Å². The van der Waals surface area contributed by atoms with E-state index in [0.29, 0.717) is 12.1 Å². The van der Waals surface area contributed by atoms with Gasteiger partial charge in [-0.25, -0.2) is 0 Å². The second-order valence-electron chi connectivity index (χ2n) is 8.85. The summed E-state index contributed by atoms with van der Waals surface area (Å²) < 4.78 is 0. The molecule has 0 unspecified atom stereocenters. The highest BCUT2D eigenvalue weighted by molar-refractivity contribution is 6.13. The summed E-state index contributed by atoms with van der Waals surface area (Å²) in [5.41, 5.74) is -0.0972. The third-order valence-corrected chi connectivity index (χ3v) is 7.23. The number of carbonyl (C=O) groups excluding carboxylic acids is 4. The zero-order valence-corrected chi connectivity index (χ0v) is 18.1. The molecule has 2 aromatic rings. The van der Waals surface area contributed by atoms with E-state index in [0.717, 1.165) is 5.56 Å². The number of imide groups is 1. The predicted molar refractivity (Wildman–Crippen MR) is 116 cm³/mol. The van der Waals surface area contributed by atoms with Crippen LogP contribution in [0.1, 0.15) is 29.8 Å². The van der Waals surface area contributed by atoms with Gasteiger partial charge in [-0.2, -0.15) is 0 Å². The summed E-state index contributed by atoms with van der Waals surface area (Å²) in [6, 6.07) is 17.5. The number of rotatable bonds is 4. The first-order chi connectivity index (χ1) is 15.4. The number of nitrogens with zero attached hydrogens (tertiary/aromatic N) is 3. The fourth-order valence-electron chi connectivity index (χ4n) is 5.72. The summed E-state index contributed by atoms with van der Waals surface area (Å²) in [6.07, 6.45) is 0. The minimum absolute atomic E-state index is 0.173. The van der Waals surface area contributed by atoms with Crippen LogP contribution in [0, 0.1) is 11.8 Å². The van der Waals surface area contributed by atoms with Crippen LogP contribution >= 0.6 is 0 Å². The maximum Gasteiger partial charge on any atom is 0.255 e. The summed E-state index contributed by atoms with van der Waals surface area (Å²) in [6.45, 7) is 4.42. The van der Waals surface area contributed by atoms with E-state index in [2.05, 4.69) is 0 Å². The Morgan fingerprint density at radius 2 is 1.59 bits per heavy atom. The second-order valence-corrected chi connectivity index (χ2v) is 8.85. The van der Waals surface area contributed by atoms with Gasteiger partial charge in [-0.1, -0.05) is 48.5 Å². The molecule has 0 aliphatic carbocycles.